The molecule has 0 fully saturated rings. The van der Waals surface area contributed by atoms with Crippen molar-refractivity contribution in [3.63, 3.8) is 0 Å². The molecule has 2 aromatic carbocycles. The second-order valence-corrected chi connectivity index (χ2v) is 5.61. The van der Waals surface area contributed by atoms with Crippen molar-refractivity contribution in [1.29, 1.82) is 0 Å². The molecule has 2 rings (SSSR count). The van der Waals surface area contributed by atoms with Gasteiger partial charge in [0.15, 0.2) is 0 Å². The van der Waals surface area contributed by atoms with Crippen LogP contribution in [0.25, 0.3) is 12.2 Å². The van der Waals surface area contributed by atoms with Crippen molar-refractivity contribution in [3.8, 4) is 0 Å². The number of aryl methyl sites for hydroxylation is 1. The molecular formula is C26H42. The van der Waals surface area contributed by atoms with Gasteiger partial charge in [0.25, 0.3) is 0 Å². The molecule has 0 spiro atoms. The molecule has 0 N–H and O–H groups in total. The normalized spacial score (nSPS) is 9.73. The van der Waals surface area contributed by atoms with E-state index in [2.05, 4.69) is 77.3 Å². The van der Waals surface area contributed by atoms with Gasteiger partial charge in [-0.3, -0.25) is 0 Å². The van der Waals surface area contributed by atoms with E-state index in [4.69, 9.17) is 0 Å². The lowest BCUT2D eigenvalue weighted by Crippen LogP contribution is -2.24. The first-order valence-electron chi connectivity index (χ1n) is 9.39. The number of hydrogen-bond donors (Lipinski definition) is 0. The van der Waals surface area contributed by atoms with Gasteiger partial charge in [0.05, 0.1) is 0 Å². The highest BCUT2D eigenvalue weighted by Gasteiger charge is 1.93. The van der Waals surface area contributed by atoms with Crippen LogP contribution in [-0.2, 0) is 0 Å². The van der Waals surface area contributed by atoms with Crippen molar-refractivity contribution in [3.05, 3.63) is 82.8 Å². The largest absolute Gasteiger partial charge is 0.0988 e. The third-order valence-corrected chi connectivity index (χ3v) is 3.46. The predicted molar refractivity (Wildman–Crippen MR) is 125 cm³/mol. The van der Waals surface area contributed by atoms with E-state index in [1.54, 1.807) is 0 Å². The highest BCUT2D eigenvalue weighted by molar-refractivity contribution is 5.53. The van der Waals surface area contributed by atoms with Crippen LogP contribution in [-0.4, -0.2) is 0 Å². The van der Waals surface area contributed by atoms with Gasteiger partial charge < -0.3 is 0 Å². The fraction of sp³-hybridized carbons (Fsp3) is 0.385. The van der Waals surface area contributed by atoms with Crippen LogP contribution in [0.2, 0.25) is 0 Å². The highest BCUT2D eigenvalue weighted by Crippen LogP contribution is 2.11. The molecule has 0 aliphatic heterocycles. The summed E-state index contributed by atoms with van der Waals surface area (Å²) in [5.41, 5.74) is 3.86. The average molecular weight is 355 g/mol. The zero-order valence-corrected chi connectivity index (χ0v) is 17.7. The Morgan fingerprint density at radius 2 is 1.42 bits per heavy atom. The Hall–Kier alpha value is -2.08. The van der Waals surface area contributed by atoms with Crippen molar-refractivity contribution < 1.29 is 0 Å². The molecule has 0 heteroatoms. The maximum absolute atomic E-state index is 3.96. The molecule has 0 nitrogen and oxygen atoms in total. The minimum Gasteiger partial charge on any atom is -0.0988 e. The minimum absolute atomic E-state index is 0. The summed E-state index contributed by atoms with van der Waals surface area (Å²) in [7, 11) is 0. The number of benzene rings is 2. The van der Waals surface area contributed by atoms with E-state index in [0.717, 1.165) is 5.22 Å². The molecule has 0 saturated heterocycles. The third-order valence-electron chi connectivity index (χ3n) is 3.46. The zero-order chi connectivity index (χ0) is 19.8. The van der Waals surface area contributed by atoms with E-state index in [-0.39, 0.29) is 7.43 Å². The molecule has 0 aliphatic rings. The number of allylic oxidation sites excluding steroid dienone is 1. The zero-order valence-electron chi connectivity index (χ0n) is 17.7. The SMILES string of the molecule is C.C=C/C(C)=c1\cc(C)ccc1=C.CC.CC.CC(C)c1ccccc1. The third kappa shape index (κ3) is 11.5. The van der Waals surface area contributed by atoms with E-state index >= 15 is 0 Å². The summed E-state index contributed by atoms with van der Waals surface area (Å²) >= 11 is 0. The first kappa shape index (κ1) is 28.7. The van der Waals surface area contributed by atoms with E-state index in [1.165, 1.54) is 21.9 Å². The van der Waals surface area contributed by atoms with Crippen molar-refractivity contribution >= 4 is 12.2 Å². The maximum atomic E-state index is 3.96. The van der Waals surface area contributed by atoms with E-state index < -0.39 is 0 Å². The van der Waals surface area contributed by atoms with Crippen LogP contribution >= 0.6 is 0 Å². The predicted octanol–water partition coefficient (Wildman–Crippen LogP) is 7.26. The van der Waals surface area contributed by atoms with Crippen molar-refractivity contribution in [2.45, 2.75) is 68.7 Å². The standard InChI is InChI=1S/C12H14.C9H12.2C2H6.CH4/c1-5-10(3)12-8-9(2)6-7-11(12)4;1-8(2)9-6-4-3-5-7-9;2*1-2;/h5-8H,1,4H2,2-3H3;3-8H,1-2H3;2*1-2H3;1H4/b12-10+;;;;. The number of rotatable bonds is 2. The van der Waals surface area contributed by atoms with Gasteiger partial charge in [-0.1, -0.05) is 122 Å². The lowest BCUT2D eigenvalue weighted by Gasteiger charge is -2.01. The molecule has 26 heavy (non-hydrogen) atoms. The monoisotopic (exact) mass is 354 g/mol. The van der Waals surface area contributed by atoms with Crippen molar-refractivity contribution in [2.75, 3.05) is 0 Å². The van der Waals surface area contributed by atoms with Crippen molar-refractivity contribution in [2.24, 2.45) is 0 Å². The van der Waals surface area contributed by atoms with Gasteiger partial charge in [0.1, 0.15) is 0 Å². The molecular weight excluding hydrogens is 312 g/mol. The molecule has 0 unspecified atom stereocenters. The summed E-state index contributed by atoms with van der Waals surface area (Å²) in [5, 5.41) is 2.27. The smallest absolute Gasteiger partial charge is 0.0158 e. The first-order valence-corrected chi connectivity index (χ1v) is 9.39. The molecule has 2 aromatic rings. The summed E-state index contributed by atoms with van der Waals surface area (Å²) in [5.74, 6) is 0.659. The Morgan fingerprint density at radius 3 is 1.81 bits per heavy atom. The van der Waals surface area contributed by atoms with Gasteiger partial charge in [0, 0.05) is 0 Å². The van der Waals surface area contributed by atoms with E-state index in [0.29, 0.717) is 5.92 Å². The van der Waals surface area contributed by atoms with E-state index in [9.17, 15) is 0 Å². The van der Waals surface area contributed by atoms with Crippen molar-refractivity contribution in [1.82, 2.24) is 0 Å². The summed E-state index contributed by atoms with van der Waals surface area (Å²) in [4.78, 5) is 0. The van der Waals surface area contributed by atoms with Gasteiger partial charge in [-0.15, -0.1) is 0 Å². The quantitative estimate of drug-likeness (QED) is 0.532. The Balaban J connectivity index is -0.000000338. The molecule has 146 valence electrons. The lowest BCUT2D eigenvalue weighted by molar-refractivity contribution is 0.867. The van der Waals surface area contributed by atoms with Gasteiger partial charge in [-0.2, -0.15) is 0 Å². The average Bonchev–Trinajstić information content (AvgIpc) is 2.67. The minimum atomic E-state index is 0. The summed E-state index contributed by atoms with van der Waals surface area (Å²) in [6.07, 6.45) is 1.86. The molecule has 0 saturated carbocycles. The number of hydrogen-bond acceptors (Lipinski definition) is 0. The summed E-state index contributed by atoms with van der Waals surface area (Å²) in [6, 6.07) is 16.8. The van der Waals surface area contributed by atoms with E-state index in [1.807, 2.05) is 45.9 Å². The van der Waals surface area contributed by atoms with Crippen LogP contribution in [0.4, 0.5) is 0 Å². The fourth-order valence-corrected chi connectivity index (χ4v) is 2.01. The Morgan fingerprint density at radius 1 is 0.923 bits per heavy atom. The van der Waals surface area contributed by atoms with Crippen LogP contribution in [0.1, 0.15) is 72.9 Å². The molecule has 0 bridgehead atoms. The van der Waals surface area contributed by atoms with Crippen LogP contribution in [0.15, 0.2) is 61.2 Å². The van der Waals surface area contributed by atoms with Crippen LogP contribution in [0.5, 0.6) is 0 Å². The van der Waals surface area contributed by atoms with Gasteiger partial charge in [-0.05, 0) is 41.3 Å². The molecule has 0 atom stereocenters. The van der Waals surface area contributed by atoms with Crippen LogP contribution in [0, 0.1) is 6.92 Å². The molecule has 0 radical (unpaired) electrons. The Labute approximate surface area is 164 Å². The Bertz CT molecular complexity index is 676. The molecule has 0 aromatic heterocycles. The molecule has 0 aliphatic carbocycles. The highest BCUT2D eigenvalue weighted by atomic mass is 14.0. The second kappa shape index (κ2) is 17.7. The fourth-order valence-electron chi connectivity index (χ4n) is 2.01. The second-order valence-electron chi connectivity index (χ2n) is 5.61. The lowest BCUT2D eigenvalue weighted by atomic mass is 10.0. The molecule has 0 heterocycles. The van der Waals surface area contributed by atoms with Crippen LogP contribution < -0.4 is 10.4 Å². The van der Waals surface area contributed by atoms with Gasteiger partial charge >= 0.3 is 0 Å². The van der Waals surface area contributed by atoms with Gasteiger partial charge in [-0.25, -0.2) is 0 Å². The molecule has 0 amide bonds. The van der Waals surface area contributed by atoms with Crippen LogP contribution in [0.3, 0.4) is 0 Å². The van der Waals surface area contributed by atoms with Gasteiger partial charge in [0.2, 0.25) is 0 Å². The maximum Gasteiger partial charge on any atom is -0.0158 e. The summed E-state index contributed by atoms with van der Waals surface area (Å²) < 4.78 is 0. The first-order chi connectivity index (χ1) is 12.0. The topological polar surface area (TPSA) is 0 Å². The Kier molecular flexibility index (Phi) is 19.6. The summed E-state index contributed by atoms with van der Waals surface area (Å²) in [6.45, 7) is 24.2.